The number of nitrogens with one attached hydrogen (secondary N) is 1. The van der Waals surface area contributed by atoms with E-state index in [0.717, 1.165) is 70.6 Å². The molecule has 0 saturated carbocycles. The molecule has 3 unspecified atom stereocenters. The summed E-state index contributed by atoms with van der Waals surface area (Å²) in [5.41, 5.74) is 0. The topological polar surface area (TPSA) is 95.9 Å². The van der Waals surface area contributed by atoms with Crippen LogP contribution in [0.1, 0.15) is 303 Å². The average Bonchev–Trinajstić information content (AvgIpc) is 3.36. The molecule has 0 radical (unpaired) electrons. The number of allylic oxidation sites excluding steroid dienone is 11. The quantitative estimate of drug-likeness (QED) is 0.0321. The fraction of sp³-hybridized carbons (Fsp3) is 0.785. The summed E-state index contributed by atoms with van der Waals surface area (Å²) in [6.07, 6.45) is 75.8. The molecule has 412 valence electrons. The van der Waals surface area contributed by atoms with Crippen LogP contribution in [0.2, 0.25) is 0 Å². The molecule has 0 aliphatic heterocycles. The van der Waals surface area contributed by atoms with Gasteiger partial charge in [0, 0.05) is 6.42 Å². The van der Waals surface area contributed by atoms with Crippen molar-refractivity contribution in [1.29, 1.82) is 0 Å². The molecule has 6 nitrogen and oxygen atoms in total. The van der Waals surface area contributed by atoms with Gasteiger partial charge >= 0.3 is 5.97 Å². The van der Waals surface area contributed by atoms with Crippen LogP contribution >= 0.6 is 0 Å². The van der Waals surface area contributed by atoms with Crippen LogP contribution in [0, 0.1) is 0 Å². The Labute approximate surface area is 441 Å². The number of aliphatic hydroxyl groups excluding tert-OH is 2. The Kier molecular flexibility index (Phi) is 56.0. The van der Waals surface area contributed by atoms with Gasteiger partial charge < -0.3 is 20.3 Å². The van der Waals surface area contributed by atoms with Crippen molar-refractivity contribution in [2.75, 3.05) is 6.61 Å². The molecule has 0 aromatic heterocycles. The lowest BCUT2D eigenvalue weighted by Gasteiger charge is -2.23. The van der Waals surface area contributed by atoms with E-state index in [-0.39, 0.29) is 24.9 Å². The number of amides is 1. The van der Waals surface area contributed by atoms with Crippen LogP contribution in [-0.4, -0.2) is 46.9 Å². The highest BCUT2D eigenvalue weighted by molar-refractivity contribution is 5.78. The van der Waals surface area contributed by atoms with Gasteiger partial charge in [0.1, 0.15) is 6.10 Å². The smallest absolute Gasteiger partial charge is 0.306 e. The SMILES string of the molecule is CC/C=C\C/C=C\C/C=C\C/C=C\C/C=C\C/C=C\C(CC(=O)NC(CO)C(O)CCCCCCCCCCCCCCCCCC)OC(=O)CCCCCCCCCCCCCCCCCCCCC. The van der Waals surface area contributed by atoms with Crippen LogP contribution in [-0.2, 0) is 14.3 Å². The summed E-state index contributed by atoms with van der Waals surface area (Å²) in [6.45, 7) is 6.37. The van der Waals surface area contributed by atoms with Crippen molar-refractivity contribution in [2.24, 2.45) is 0 Å². The number of hydrogen-bond donors (Lipinski definition) is 3. The number of hydrogen-bond acceptors (Lipinski definition) is 5. The molecule has 0 aliphatic carbocycles. The zero-order valence-electron chi connectivity index (χ0n) is 47.1. The lowest BCUT2D eigenvalue weighted by Crippen LogP contribution is -2.46. The Bertz CT molecular complexity index is 1300. The molecule has 71 heavy (non-hydrogen) atoms. The summed E-state index contributed by atoms with van der Waals surface area (Å²) >= 11 is 0. The maximum atomic E-state index is 13.3. The fourth-order valence-electron chi connectivity index (χ4n) is 9.20. The van der Waals surface area contributed by atoms with Crippen molar-refractivity contribution in [3.8, 4) is 0 Å². The molecular weight excluding hydrogens is 875 g/mol. The third-order valence-corrected chi connectivity index (χ3v) is 13.8. The maximum absolute atomic E-state index is 13.3. The van der Waals surface area contributed by atoms with Crippen molar-refractivity contribution in [3.05, 3.63) is 72.9 Å². The first-order valence-corrected chi connectivity index (χ1v) is 30.7. The molecule has 3 N–H and O–H groups in total. The van der Waals surface area contributed by atoms with Gasteiger partial charge in [0.2, 0.25) is 5.91 Å². The van der Waals surface area contributed by atoms with Crippen LogP contribution in [0.25, 0.3) is 0 Å². The highest BCUT2D eigenvalue weighted by atomic mass is 16.5. The Balaban J connectivity index is 4.66. The first-order chi connectivity index (χ1) is 35.0. The molecule has 0 aromatic carbocycles. The molecule has 0 spiro atoms. The first-order valence-electron chi connectivity index (χ1n) is 30.7. The number of carbonyl (C=O) groups is 2. The summed E-state index contributed by atoms with van der Waals surface area (Å²) in [6, 6.07) is -0.745. The van der Waals surface area contributed by atoms with Crippen molar-refractivity contribution in [2.45, 2.75) is 322 Å². The number of rotatable bonds is 55. The van der Waals surface area contributed by atoms with Gasteiger partial charge in [0.25, 0.3) is 0 Å². The summed E-state index contributed by atoms with van der Waals surface area (Å²) in [5.74, 6) is -0.618. The van der Waals surface area contributed by atoms with E-state index in [2.05, 4.69) is 86.8 Å². The summed E-state index contributed by atoms with van der Waals surface area (Å²) in [4.78, 5) is 26.3. The Morgan fingerprint density at radius 1 is 0.423 bits per heavy atom. The van der Waals surface area contributed by atoms with Crippen LogP contribution in [0.4, 0.5) is 0 Å². The van der Waals surface area contributed by atoms with Gasteiger partial charge in [-0.25, -0.2) is 0 Å². The van der Waals surface area contributed by atoms with Crippen LogP contribution < -0.4 is 5.32 Å². The van der Waals surface area contributed by atoms with Gasteiger partial charge in [-0.2, -0.15) is 0 Å². The van der Waals surface area contributed by atoms with Gasteiger partial charge in [0.15, 0.2) is 0 Å². The van der Waals surface area contributed by atoms with E-state index in [0.29, 0.717) is 19.3 Å². The minimum Gasteiger partial charge on any atom is -0.458 e. The fourth-order valence-corrected chi connectivity index (χ4v) is 9.20. The number of aliphatic hydroxyl groups is 2. The number of unbranched alkanes of at least 4 members (excludes halogenated alkanes) is 33. The standard InChI is InChI=1S/C65H117NO5/c1-4-7-10-13-16-19-22-25-28-31-32-34-37-40-43-46-49-52-55-58-65(70)71-61(56-53-50-47-44-41-38-35-33-29-26-23-20-17-14-11-8-5-2)59-64(69)66-62(60-67)63(68)57-54-51-48-45-42-39-36-30-27-24-21-18-15-12-9-6-3/h8,11,17,20,26,29,35,38,44,47,53,56,61-63,67-68H,4-7,9-10,12-16,18-19,21-25,27-28,30-34,36-37,39-43,45-46,48-52,54-55,57-60H2,1-3H3,(H,66,69)/b11-8-,20-17-,29-26-,38-35-,47-44-,56-53-. The van der Waals surface area contributed by atoms with Gasteiger partial charge in [-0.05, 0) is 57.4 Å². The van der Waals surface area contributed by atoms with E-state index in [1.165, 1.54) is 186 Å². The molecule has 0 fully saturated rings. The van der Waals surface area contributed by atoms with Crippen LogP contribution in [0.15, 0.2) is 72.9 Å². The predicted octanol–water partition coefficient (Wildman–Crippen LogP) is 19.3. The van der Waals surface area contributed by atoms with Crippen molar-refractivity contribution < 1.29 is 24.5 Å². The van der Waals surface area contributed by atoms with Gasteiger partial charge in [-0.15, -0.1) is 0 Å². The monoisotopic (exact) mass is 992 g/mol. The lowest BCUT2D eigenvalue weighted by molar-refractivity contribution is -0.148. The highest BCUT2D eigenvalue weighted by Crippen LogP contribution is 2.18. The normalized spacial score (nSPS) is 13.6. The third-order valence-electron chi connectivity index (χ3n) is 13.8. The minimum absolute atomic E-state index is 0.0463. The van der Waals surface area contributed by atoms with Gasteiger partial charge in [0.05, 0.1) is 25.2 Å². The van der Waals surface area contributed by atoms with Gasteiger partial charge in [-0.3, -0.25) is 9.59 Å². The molecule has 0 aliphatic rings. The zero-order valence-corrected chi connectivity index (χ0v) is 47.1. The van der Waals surface area contributed by atoms with Crippen molar-refractivity contribution >= 4 is 11.9 Å². The molecule has 6 heteroatoms. The lowest BCUT2D eigenvalue weighted by atomic mass is 10.0. The second-order valence-electron chi connectivity index (χ2n) is 20.7. The highest BCUT2D eigenvalue weighted by Gasteiger charge is 2.23. The van der Waals surface area contributed by atoms with Crippen LogP contribution in [0.3, 0.4) is 0 Å². The molecule has 0 heterocycles. The molecule has 0 bridgehead atoms. The van der Waals surface area contributed by atoms with Crippen molar-refractivity contribution in [3.63, 3.8) is 0 Å². The Morgan fingerprint density at radius 2 is 0.732 bits per heavy atom. The van der Waals surface area contributed by atoms with E-state index in [1.54, 1.807) is 0 Å². The summed E-state index contributed by atoms with van der Waals surface area (Å²) in [5, 5.41) is 23.9. The summed E-state index contributed by atoms with van der Waals surface area (Å²) < 4.78 is 5.87. The first kappa shape index (κ1) is 68.3. The van der Waals surface area contributed by atoms with E-state index in [4.69, 9.17) is 4.74 Å². The predicted molar refractivity (Wildman–Crippen MR) is 310 cm³/mol. The van der Waals surface area contributed by atoms with Gasteiger partial charge in [-0.1, -0.05) is 306 Å². The second kappa shape index (κ2) is 58.2. The molecule has 0 aromatic rings. The largest absolute Gasteiger partial charge is 0.458 e. The average molecular weight is 993 g/mol. The minimum atomic E-state index is -0.822. The molecular formula is C65H117NO5. The molecule has 3 atom stereocenters. The van der Waals surface area contributed by atoms with Crippen molar-refractivity contribution in [1.82, 2.24) is 5.32 Å². The molecule has 0 saturated heterocycles. The van der Waals surface area contributed by atoms with E-state index < -0.39 is 18.2 Å². The second-order valence-corrected chi connectivity index (χ2v) is 20.7. The number of carbonyl (C=O) groups excluding carboxylic acids is 2. The van der Waals surface area contributed by atoms with E-state index in [9.17, 15) is 19.8 Å². The Hall–Kier alpha value is -2.70. The van der Waals surface area contributed by atoms with E-state index >= 15 is 0 Å². The number of ether oxygens (including phenoxy) is 1. The van der Waals surface area contributed by atoms with Crippen LogP contribution in [0.5, 0.6) is 0 Å². The summed E-state index contributed by atoms with van der Waals surface area (Å²) in [7, 11) is 0. The third kappa shape index (κ3) is 53.4. The number of esters is 1. The molecule has 1 amide bonds. The zero-order chi connectivity index (χ0) is 51.6. The Morgan fingerprint density at radius 3 is 1.07 bits per heavy atom. The maximum Gasteiger partial charge on any atom is 0.306 e. The molecule has 0 rings (SSSR count). The van der Waals surface area contributed by atoms with E-state index in [1.807, 2.05) is 12.2 Å².